The van der Waals surface area contributed by atoms with Crippen molar-refractivity contribution in [1.29, 1.82) is 0 Å². The predicted molar refractivity (Wildman–Crippen MR) is 77.9 cm³/mol. The topological polar surface area (TPSA) is 73.9 Å². The summed E-state index contributed by atoms with van der Waals surface area (Å²) in [5, 5.41) is 0. The summed E-state index contributed by atoms with van der Waals surface area (Å²) in [5.74, 6) is -1.25. The second kappa shape index (κ2) is 6.96. The maximum Gasteiger partial charge on any atom is 0.532 e. The molecule has 2 rings (SSSR count). The van der Waals surface area contributed by atoms with Crippen molar-refractivity contribution in [2.24, 2.45) is 0 Å². The van der Waals surface area contributed by atoms with Gasteiger partial charge in [-0.1, -0.05) is 12.8 Å². The molecule has 0 amide bonds. The standard InChI is InChI=1S/C13H16ClFNO5P/c1-19-16-13(8-2-3-9-13)12(17)21-22(14,18)20-11-6-4-10(15)5-7-11/h4-7,16H,2-3,8-9H2,1H3. The molecule has 1 aliphatic rings. The van der Waals surface area contributed by atoms with Gasteiger partial charge in [-0.25, -0.2) is 13.8 Å². The van der Waals surface area contributed by atoms with Gasteiger partial charge in [0.2, 0.25) is 0 Å². The molecule has 0 spiro atoms. The highest BCUT2D eigenvalue weighted by Gasteiger charge is 2.46. The van der Waals surface area contributed by atoms with Crippen molar-refractivity contribution in [3.8, 4) is 5.75 Å². The van der Waals surface area contributed by atoms with E-state index in [4.69, 9.17) is 25.1 Å². The third-order valence-corrected chi connectivity index (χ3v) is 4.59. The third kappa shape index (κ3) is 4.20. The van der Waals surface area contributed by atoms with E-state index in [1.165, 1.54) is 19.2 Å². The molecule has 0 aromatic heterocycles. The first-order valence-corrected chi connectivity index (χ1v) is 9.11. The average Bonchev–Trinajstić information content (AvgIpc) is 2.91. The number of nitrogens with one attached hydrogen (secondary N) is 1. The lowest BCUT2D eigenvalue weighted by Gasteiger charge is -2.27. The minimum Gasteiger partial charge on any atom is -0.405 e. The molecule has 0 bridgehead atoms. The summed E-state index contributed by atoms with van der Waals surface area (Å²) < 4.78 is 34.7. The van der Waals surface area contributed by atoms with E-state index in [-0.39, 0.29) is 5.75 Å². The van der Waals surface area contributed by atoms with Gasteiger partial charge >= 0.3 is 12.9 Å². The van der Waals surface area contributed by atoms with Crippen molar-refractivity contribution in [3.63, 3.8) is 0 Å². The Morgan fingerprint density at radius 3 is 2.45 bits per heavy atom. The Hall–Kier alpha value is -1.14. The summed E-state index contributed by atoms with van der Waals surface area (Å²) in [4.78, 5) is 17.1. The predicted octanol–water partition coefficient (Wildman–Crippen LogP) is 3.56. The van der Waals surface area contributed by atoms with Gasteiger partial charge in [-0.3, -0.25) is 0 Å². The zero-order valence-corrected chi connectivity index (χ0v) is 13.5. The summed E-state index contributed by atoms with van der Waals surface area (Å²) >= 11 is 5.67. The van der Waals surface area contributed by atoms with Gasteiger partial charge in [-0.05, 0) is 37.1 Å². The van der Waals surface area contributed by atoms with Crippen molar-refractivity contribution in [2.75, 3.05) is 7.11 Å². The maximum absolute atomic E-state index is 12.8. The van der Waals surface area contributed by atoms with Crippen LogP contribution in [0.3, 0.4) is 0 Å². The average molecular weight is 352 g/mol. The molecule has 0 radical (unpaired) electrons. The minimum absolute atomic E-state index is 0.0349. The van der Waals surface area contributed by atoms with E-state index in [2.05, 4.69) is 5.48 Å². The molecular formula is C13H16ClFNO5P. The molecule has 1 unspecified atom stereocenters. The largest absolute Gasteiger partial charge is 0.532 e. The molecule has 6 nitrogen and oxygen atoms in total. The second-order valence-corrected chi connectivity index (χ2v) is 7.42. The van der Waals surface area contributed by atoms with E-state index >= 15 is 0 Å². The van der Waals surface area contributed by atoms with Crippen LogP contribution >= 0.6 is 18.2 Å². The molecule has 1 fully saturated rings. The molecule has 0 saturated heterocycles. The van der Waals surface area contributed by atoms with Crippen LogP contribution in [0.4, 0.5) is 4.39 Å². The van der Waals surface area contributed by atoms with Crippen LogP contribution in [-0.4, -0.2) is 18.6 Å². The van der Waals surface area contributed by atoms with Crippen molar-refractivity contribution >= 4 is 24.2 Å². The van der Waals surface area contributed by atoms with Gasteiger partial charge in [0.1, 0.15) is 17.1 Å². The van der Waals surface area contributed by atoms with Gasteiger partial charge < -0.3 is 13.9 Å². The van der Waals surface area contributed by atoms with E-state index < -0.39 is 24.3 Å². The highest BCUT2D eigenvalue weighted by atomic mass is 35.7. The van der Waals surface area contributed by atoms with Gasteiger partial charge in [-0.2, -0.15) is 5.48 Å². The number of rotatable bonds is 6. The molecule has 1 aromatic rings. The van der Waals surface area contributed by atoms with Gasteiger partial charge in [0.25, 0.3) is 0 Å². The Morgan fingerprint density at radius 2 is 1.91 bits per heavy atom. The normalized spacial score (nSPS) is 19.4. The Kier molecular flexibility index (Phi) is 5.45. The van der Waals surface area contributed by atoms with Crippen LogP contribution < -0.4 is 10.0 Å². The number of hydroxylamine groups is 1. The Morgan fingerprint density at radius 1 is 1.32 bits per heavy atom. The summed E-state index contributed by atoms with van der Waals surface area (Å²) in [6.45, 7) is -4.20. The smallest absolute Gasteiger partial charge is 0.405 e. The van der Waals surface area contributed by atoms with Crippen LogP contribution in [0.5, 0.6) is 5.75 Å². The van der Waals surface area contributed by atoms with Crippen LogP contribution in [0.25, 0.3) is 0 Å². The number of carbonyl (C=O) groups excluding carboxylic acids is 1. The van der Waals surface area contributed by atoms with E-state index in [1.807, 2.05) is 0 Å². The number of hydrogen-bond donors (Lipinski definition) is 1. The fraction of sp³-hybridized carbons (Fsp3) is 0.462. The molecule has 22 heavy (non-hydrogen) atoms. The Balaban J connectivity index is 2.05. The van der Waals surface area contributed by atoms with Gasteiger partial charge in [0, 0.05) is 11.2 Å². The van der Waals surface area contributed by atoms with Gasteiger partial charge in [0.05, 0.1) is 7.11 Å². The van der Waals surface area contributed by atoms with E-state index in [0.29, 0.717) is 12.8 Å². The molecule has 9 heteroatoms. The number of carbonyl (C=O) groups is 1. The van der Waals surface area contributed by atoms with E-state index in [9.17, 15) is 13.8 Å². The molecule has 1 aliphatic carbocycles. The fourth-order valence-corrected chi connectivity index (χ4v) is 3.56. The third-order valence-electron chi connectivity index (χ3n) is 3.37. The summed E-state index contributed by atoms with van der Waals surface area (Å²) in [7, 11) is 1.38. The van der Waals surface area contributed by atoms with Crippen molar-refractivity contribution in [1.82, 2.24) is 5.48 Å². The first-order chi connectivity index (χ1) is 10.4. The van der Waals surface area contributed by atoms with Crippen molar-refractivity contribution in [3.05, 3.63) is 30.1 Å². The minimum atomic E-state index is -4.20. The molecule has 1 saturated carbocycles. The maximum atomic E-state index is 12.8. The number of halogens is 2. The van der Waals surface area contributed by atoms with Crippen LogP contribution in [0, 0.1) is 5.82 Å². The molecule has 1 atom stereocenters. The Labute approximate surface area is 132 Å². The Bertz CT molecular complexity index is 576. The van der Waals surface area contributed by atoms with Crippen molar-refractivity contribution in [2.45, 2.75) is 31.2 Å². The highest BCUT2D eigenvalue weighted by molar-refractivity contribution is 7.82. The summed E-state index contributed by atoms with van der Waals surface area (Å²) in [5.41, 5.74) is 1.51. The molecule has 1 N–H and O–H groups in total. The second-order valence-electron chi connectivity index (χ2n) is 4.95. The van der Waals surface area contributed by atoms with Crippen molar-refractivity contribution < 1.29 is 27.6 Å². The number of benzene rings is 1. The molecule has 122 valence electrons. The van der Waals surface area contributed by atoms with E-state index in [1.54, 1.807) is 0 Å². The fourth-order valence-electron chi connectivity index (χ4n) is 2.35. The lowest BCUT2D eigenvalue weighted by atomic mass is 10.00. The van der Waals surface area contributed by atoms with Crippen LogP contribution in [0.2, 0.25) is 0 Å². The first kappa shape index (κ1) is 17.2. The lowest BCUT2D eigenvalue weighted by molar-refractivity contribution is -0.148. The van der Waals surface area contributed by atoms with E-state index in [0.717, 1.165) is 25.0 Å². The zero-order chi connectivity index (χ0) is 16.2. The summed E-state index contributed by atoms with van der Waals surface area (Å²) in [6, 6.07) is 4.69. The molecule has 0 heterocycles. The summed E-state index contributed by atoms with van der Waals surface area (Å²) in [6.07, 6.45) is 2.56. The van der Waals surface area contributed by atoms with Gasteiger partial charge in [0.15, 0.2) is 0 Å². The lowest BCUT2D eigenvalue weighted by Crippen LogP contribution is -2.49. The highest BCUT2D eigenvalue weighted by Crippen LogP contribution is 2.54. The van der Waals surface area contributed by atoms with Gasteiger partial charge in [-0.15, -0.1) is 0 Å². The molecule has 1 aromatic carbocycles. The molecule has 0 aliphatic heterocycles. The van der Waals surface area contributed by atoms with Crippen LogP contribution in [0.1, 0.15) is 25.7 Å². The zero-order valence-electron chi connectivity index (χ0n) is 11.9. The molecular weight excluding hydrogens is 336 g/mol. The monoisotopic (exact) mass is 351 g/mol. The van der Waals surface area contributed by atoms with Crippen LogP contribution in [-0.2, 0) is 18.7 Å². The first-order valence-electron chi connectivity index (χ1n) is 6.66. The van der Waals surface area contributed by atoms with Crippen LogP contribution in [0.15, 0.2) is 24.3 Å². The number of hydrogen-bond acceptors (Lipinski definition) is 6. The quantitative estimate of drug-likeness (QED) is 0.624. The SMILES string of the molecule is CONC1(C(=O)OP(=O)(Cl)Oc2ccc(F)cc2)CCCC1.